The highest BCUT2D eigenvalue weighted by molar-refractivity contribution is 7.85. The normalized spacial score (nSPS) is 11.4. The van der Waals surface area contributed by atoms with E-state index in [4.69, 9.17) is 19.7 Å². The first kappa shape index (κ1) is 18.5. The first-order valence-electron chi connectivity index (χ1n) is 6.13. The molecule has 0 fully saturated rings. The van der Waals surface area contributed by atoms with E-state index >= 15 is 0 Å². The van der Waals surface area contributed by atoms with Crippen LogP contribution in [0.3, 0.4) is 0 Å². The first-order chi connectivity index (χ1) is 10.4. The summed E-state index contributed by atoms with van der Waals surface area (Å²) in [5, 5.41) is 17.1. The summed E-state index contributed by atoms with van der Waals surface area (Å²) >= 11 is 0. The molecule has 1 aromatic rings. The van der Waals surface area contributed by atoms with Crippen LogP contribution in [0.25, 0.3) is 0 Å². The Morgan fingerprint density at radius 1 is 1.05 bits per heavy atom. The highest BCUT2D eigenvalue weighted by Crippen LogP contribution is 2.17. The number of aliphatic hydroxyl groups is 2. The van der Waals surface area contributed by atoms with Crippen LogP contribution in [0.2, 0.25) is 0 Å². The number of carbonyl (C=O) groups is 1. The number of hydrogen-bond donors (Lipinski definition) is 3. The number of carbonyl (C=O) groups excluding carboxylic acids is 1. The molecule has 10 heteroatoms. The maximum Gasteiger partial charge on any atom is 0.338 e. The van der Waals surface area contributed by atoms with Gasteiger partial charge in [-0.25, -0.2) is 14.6 Å². The third-order valence-corrected chi connectivity index (χ3v) is 3.14. The SMILES string of the molecule is O=C(OCCO)c1cc(COOCCO)cc(S(=O)(=O)O)c1. The van der Waals surface area contributed by atoms with Crippen LogP contribution < -0.4 is 0 Å². The Labute approximate surface area is 126 Å². The molecule has 0 saturated carbocycles. The van der Waals surface area contributed by atoms with Gasteiger partial charge in [-0.3, -0.25) is 4.55 Å². The summed E-state index contributed by atoms with van der Waals surface area (Å²) < 4.78 is 36.2. The summed E-state index contributed by atoms with van der Waals surface area (Å²) in [6.07, 6.45) is 0. The van der Waals surface area contributed by atoms with Crippen LogP contribution in [0, 0.1) is 0 Å². The predicted octanol–water partition coefficient (Wildman–Crippen LogP) is -0.477. The molecule has 0 heterocycles. The topological polar surface area (TPSA) is 140 Å². The van der Waals surface area contributed by atoms with Crippen molar-refractivity contribution in [2.75, 3.05) is 26.4 Å². The van der Waals surface area contributed by atoms with Gasteiger partial charge in [0.1, 0.15) is 19.8 Å². The number of hydrogen-bond acceptors (Lipinski definition) is 8. The average Bonchev–Trinajstić information content (AvgIpc) is 2.48. The second-order valence-electron chi connectivity index (χ2n) is 4.01. The van der Waals surface area contributed by atoms with Crippen molar-refractivity contribution in [1.29, 1.82) is 0 Å². The van der Waals surface area contributed by atoms with Crippen LogP contribution in [0.1, 0.15) is 15.9 Å². The van der Waals surface area contributed by atoms with E-state index in [0.717, 1.165) is 12.1 Å². The Morgan fingerprint density at radius 2 is 1.73 bits per heavy atom. The zero-order valence-corrected chi connectivity index (χ0v) is 12.3. The number of rotatable bonds is 9. The molecular formula is C12H16O9S. The van der Waals surface area contributed by atoms with E-state index < -0.39 is 21.0 Å². The molecule has 3 N–H and O–H groups in total. The molecule has 0 aromatic heterocycles. The van der Waals surface area contributed by atoms with E-state index in [2.05, 4.69) is 9.62 Å². The van der Waals surface area contributed by atoms with Crippen molar-refractivity contribution < 1.29 is 42.5 Å². The fourth-order valence-corrected chi connectivity index (χ4v) is 2.01. The molecule has 0 atom stereocenters. The van der Waals surface area contributed by atoms with Gasteiger partial charge in [0.25, 0.3) is 10.1 Å². The zero-order chi connectivity index (χ0) is 16.6. The summed E-state index contributed by atoms with van der Waals surface area (Å²) in [7, 11) is -4.53. The van der Waals surface area contributed by atoms with Crippen molar-refractivity contribution in [3.05, 3.63) is 29.3 Å². The van der Waals surface area contributed by atoms with E-state index in [1.165, 1.54) is 6.07 Å². The molecule has 0 saturated heterocycles. The number of ether oxygens (including phenoxy) is 1. The molecule has 9 nitrogen and oxygen atoms in total. The summed E-state index contributed by atoms with van der Waals surface area (Å²) in [6.45, 7) is -1.19. The molecule has 0 aliphatic rings. The summed E-state index contributed by atoms with van der Waals surface area (Å²) in [5.74, 6) is -0.864. The largest absolute Gasteiger partial charge is 0.460 e. The minimum absolute atomic E-state index is 0.0800. The van der Waals surface area contributed by atoms with Gasteiger partial charge in [-0.15, -0.1) is 0 Å². The molecule has 0 radical (unpaired) electrons. The molecule has 0 unspecified atom stereocenters. The minimum atomic E-state index is -4.53. The van der Waals surface area contributed by atoms with Crippen molar-refractivity contribution >= 4 is 16.1 Å². The molecule has 1 rings (SSSR count). The number of aliphatic hydroxyl groups excluding tert-OH is 2. The first-order valence-corrected chi connectivity index (χ1v) is 7.57. The maximum atomic E-state index is 11.7. The Bertz CT molecular complexity index is 597. The lowest BCUT2D eigenvalue weighted by molar-refractivity contribution is -0.306. The lowest BCUT2D eigenvalue weighted by Gasteiger charge is -2.08. The van der Waals surface area contributed by atoms with Crippen molar-refractivity contribution in [1.82, 2.24) is 0 Å². The van der Waals surface area contributed by atoms with E-state index in [1.807, 2.05) is 0 Å². The minimum Gasteiger partial charge on any atom is -0.460 e. The highest BCUT2D eigenvalue weighted by atomic mass is 32.2. The smallest absolute Gasteiger partial charge is 0.338 e. The average molecular weight is 336 g/mol. The molecule has 124 valence electrons. The van der Waals surface area contributed by atoms with Crippen LogP contribution in [0.5, 0.6) is 0 Å². The fourth-order valence-electron chi connectivity index (χ4n) is 1.44. The molecule has 0 aliphatic carbocycles. The third-order valence-electron chi connectivity index (χ3n) is 2.31. The van der Waals surface area contributed by atoms with Crippen LogP contribution in [0.4, 0.5) is 0 Å². The fraction of sp³-hybridized carbons (Fsp3) is 0.417. The van der Waals surface area contributed by atoms with Crippen LogP contribution >= 0.6 is 0 Å². The summed E-state index contributed by atoms with van der Waals surface area (Å²) in [5.41, 5.74) is 0.0911. The molecule has 22 heavy (non-hydrogen) atoms. The Hall–Kier alpha value is -1.56. The van der Waals surface area contributed by atoms with Gasteiger partial charge in [-0.2, -0.15) is 8.42 Å². The van der Waals surface area contributed by atoms with Gasteiger partial charge in [0.2, 0.25) is 0 Å². The molecular weight excluding hydrogens is 320 g/mol. The van der Waals surface area contributed by atoms with E-state index in [9.17, 15) is 13.2 Å². The van der Waals surface area contributed by atoms with E-state index in [-0.39, 0.29) is 44.2 Å². The van der Waals surface area contributed by atoms with E-state index in [0.29, 0.717) is 0 Å². The van der Waals surface area contributed by atoms with Crippen molar-refractivity contribution in [3.63, 3.8) is 0 Å². The van der Waals surface area contributed by atoms with Crippen LogP contribution in [0.15, 0.2) is 23.1 Å². The van der Waals surface area contributed by atoms with Gasteiger partial charge in [0.15, 0.2) is 0 Å². The molecule has 0 bridgehead atoms. The summed E-state index contributed by atoms with van der Waals surface area (Å²) in [6, 6.07) is 3.32. The Morgan fingerprint density at radius 3 is 2.32 bits per heavy atom. The number of esters is 1. The molecule has 0 aliphatic heterocycles. The predicted molar refractivity (Wildman–Crippen MR) is 71.5 cm³/mol. The lowest BCUT2D eigenvalue weighted by atomic mass is 10.1. The van der Waals surface area contributed by atoms with Gasteiger partial charge >= 0.3 is 5.97 Å². The van der Waals surface area contributed by atoms with Gasteiger partial charge in [-0.1, -0.05) is 0 Å². The number of benzene rings is 1. The highest BCUT2D eigenvalue weighted by Gasteiger charge is 2.16. The lowest BCUT2D eigenvalue weighted by Crippen LogP contribution is -2.11. The van der Waals surface area contributed by atoms with Gasteiger partial charge < -0.3 is 14.9 Å². The van der Waals surface area contributed by atoms with Gasteiger partial charge in [0, 0.05) is 0 Å². The van der Waals surface area contributed by atoms with Gasteiger partial charge in [-0.05, 0) is 23.8 Å². The summed E-state index contributed by atoms with van der Waals surface area (Å²) in [4.78, 5) is 20.5. The zero-order valence-electron chi connectivity index (χ0n) is 11.5. The Balaban J connectivity index is 2.98. The molecule has 0 spiro atoms. The second kappa shape index (κ2) is 8.78. The van der Waals surface area contributed by atoms with Crippen LogP contribution in [-0.2, 0) is 31.2 Å². The van der Waals surface area contributed by atoms with Crippen LogP contribution in [-0.4, -0.2) is 55.6 Å². The second-order valence-corrected chi connectivity index (χ2v) is 5.43. The third kappa shape index (κ3) is 6.05. The molecule has 0 amide bonds. The standard InChI is InChI=1S/C12H16O9S/c13-1-3-19-12(15)10-5-9(8-21-20-4-2-14)6-11(7-10)22(16,17)18/h5-7,13-14H,1-4,8H2,(H,16,17,18). The van der Waals surface area contributed by atoms with Crippen molar-refractivity contribution in [2.24, 2.45) is 0 Å². The monoisotopic (exact) mass is 336 g/mol. The maximum absolute atomic E-state index is 11.7. The van der Waals surface area contributed by atoms with Gasteiger partial charge in [0.05, 0.1) is 23.7 Å². The van der Waals surface area contributed by atoms with E-state index in [1.54, 1.807) is 0 Å². The quantitative estimate of drug-likeness (QED) is 0.179. The van der Waals surface area contributed by atoms with Crippen molar-refractivity contribution in [2.45, 2.75) is 11.5 Å². The molecule has 1 aromatic carbocycles. The van der Waals surface area contributed by atoms with Crippen molar-refractivity contribution in [3.8, 4) is 0 Å². The Kier molecular flexibility index (Phi) is 7.38.